The Morgan fingerprint density at radius 2 is 1.63 bits per heavy atom. The molecule has 1 aromatic rings. The number of rotatable bonds is 6. The van der Waals surface area contributed by atoms with Crippen molar-refractivity contribution in [3.05, 3.63) is 22.4 Å². The summed E-state index contributed by atoms with van der Waals surface area (Å²) >= 11 is 1.54. The van der Waals surface area contributed by atoms with E-state index in [1.165, 1.54) is 0 Å². The van der Waals surface area contributed by atoms with Crippen LogP contribution in [-0.4, -0.2) is 121 Å². The Bertz CT molecular complexity index is 996. The zero-order valence-electron chi connectivity index (χ0n) is 22.6. The van der Waals surface area contributed by atoms with E-state index < -0.39 is 29.7 Å². The molecule has 1 amide bonds. The largest absolute Gasteiger partial charge is 0.490 e. The first-order valence-corrected chi connectivity index (χ1v) is 13.3. The summed E-state index contributed by atoms with van der Waals surface area (Å²) in [5, 5.41) is 18.1. The normalized spacial score (nSPS) is 21.0. The van der Waals surface area contributed by atoms with Crippen molar-refractivity contribution in [1.82, 2.24) is 14.7 Å². The smallest absolute Gasteiger partial charge is 0.475 e. The van der Waals surface area contributed by atoms with Crippen molar-refractivity contribution in [2.45, 2.75) is 32.1 Å². The predicted molar refractivity (Wildman–Crippen MR) is 134 cm³/mol. The van der Waals surface area contributed by atoms with Crippen LogP contribution < -0.4 is 0 Å². The number of likely N-dealkylation sites (N-methyl/N-ethyl adjacent to an activating group) is 1. The lowest BCUT2D eigenvalue weighted by Crippen LogP contribution is -2.43. The molecule has 0 radical (unpaired) electrons. The Morgan fingerprint density at radius 1 is 1.07 bits per heavy atom. The van der Waals surface area contributed by atoms with Gasteiger partial charge in [0.05, 0.1) is 17.6 Å². The van der Waals surface area contributed by atoms with E-state index in [4.69, 9.17) is 24.5 Å². The summed E-state index contributed by atoms with van der Waals surface area (Å²) in [5.74, 6) is -5.38. The number of fused-ring (bicyclic) bond motifs is 1. The summed E-state index contributed by atoms with van der Waals surface area (Å²) < 4.78 is 69.0. The van der Waals surface area contributed by atoms with E-state index >= 15 is 0 Å². The van der Waals surface area contributed by atoms with Gasteiger partial charge in [0.2, 0.25) is 0 Å². The van der Waals surface area contributed by atoms with Crippen molar-refractivity contribution >= 4 is 35.2 Å². The maximum absolute atomic E-state index is 13.0. The Kier molecular flexibility index (Phi) is 13.5. The highest BCUT2D eigenvalue weighted by atomic mass is 32.1. The molecule has 1 aromatic heterocycles. The van der Waals surface area contributed by atoms with Gasteiger partial charge in [0.15, 0.2) is 0 Å². The van der Waals surface area contributed by atoms with Crippen LogP contribution in [0.3, 0.4) is 0 Å². The summed E-state index contributed by atoms with van der Waals surface area (Å²) in [4.78, 5) is 50.2. The maximum atomic E-state index is 13.0. The lowest BCUT2D eigenvalue weighted by atomic mass is 9.75. The van der Waals surface area contributed by atoms with Gasteiger partial charge in [-0.25, -0.2) is 9.59 Å². The number of carboxylic acid groups (broad SMARTS) is 2. The van der Waals surface area contributed by atoms with Gasteiger partial charge in [-0.05, 0) is 45.3 Å². The molecule has 2 saturated heterocycles. The number of ether oxygens (including phenoxy) is 1. The van der Waals surface area contributed by atoms with E-state index in [9.17, 15) is 35.9 Å². The number of carbonyl (C=O) groups is 4. The van der Waals surface area contributed by atoms with E-state index in [2.05, 4.69) is 23.9 Å². The van der Waals surface area contributed by atoms with Crippen LogP contribution in [0.4, 0.5) is 26.3 Å². The molecule has 3 heterocycles. The highest BCUT2D eigenvalue weighted by molar-refractivity contribution is 7.08. The highest BCUT2D eigenvalue weighted by Gasteiger charge is 2.54. The van der Waals surface area contributed by atoms with Crippen LogP contribution in [0.25, 0.3) is 0 Å². The molecule has 2 aliphatic rings. The number of nitrogens with zero attached hydrogens (tertiary/aromatic N) is 3. The predicted octanol–water partition coefficient (Wildman–Crippen LogP) is 3.29. The minimum Gasteiger partial charge on any atom is -0.475 e. The van der Waals surface area contributed by atoms with Gasteiger partial charge in [-0.3, -0.25) is 9.59 Å². The summed E-state index contributed by atoms with van der Waals surface area (Å²) in [6.45, 7) is 7.10. The van der Waals surface area contributed by atoms with Gasteiger partial charge in [0, 0.05) is 50.6 Å². The minimum absolute atomic E-state index is 0.0767. The lowest BCUT2D eigenvalue weighted by Gasteiger charge is -2.31. The highest BCUT2D eigenvalue weighted by Crippen LogP contribution is 2.44. The van der Waals surface area contributed by atoms with E-state index in [-0.39, 0.29) is 17.8 Å². The summed E-state index contributed by atoms with van der Waals surface area (Å²) in [7, 11) is 4.13. The molecule has 0 saturated carbocycles. The minimum atomic E-state index is -5.08. The first-order chi connectivity index (χ1) is 18.8. The molecule has 2 atom stereocenters. The third kappa shape index (κ3) is 11.1. The van der Waals surface area contributed by atoms with E-state index in [1.807, 2.05) is 28.7 Å². The van der Waals surface area contributed by atoms with Crippen LogP contribution in [-0.2, 0) is 19.1 Å². The standard InChI is InChI=1S/C20H31N3O3S.2C2HF3O2/c1-4-26-19(25)20-7-5-8-23(18(24)16-6-11-27-14-16)13-17(20)12-22(15-20)10-9-21(2)3;2*3-2(4,5)1(6)7/h6,11,14,17H,4-5,7-10,12-13,15H2,1-3H3;2*(H,6,7)/t17-,20+;;/m1../s1. The molecular formula is C24H33F6N3O7S. The summed E-state index contributed by atoms with van der Waals surface area (Å²) in [5.41, 5.74) is 0.275. The molecule has 0 aliphatic carbocycles. The molecule has 17 heteroatoms. The zero-order valence-corrected chi connectivity index (χ0v) is 23.4. The molecular weight excluding hydrogens is 588 g/mol. The second kappa shape index (κ2) is 15.3. The quantitative estimate of drug-likeness (QED) is 0.363. The number of esters is 1. The number of carbonyl (C=O) groups excluding carboxylic acids is 2. The molecule has 0 unspecified atom stereocenters. The van der Waals surface area contributed by atoms with Gasteiger partial charge in [0.1, 0.15) is 0 Å². The average Bonchev–Trinajstić information content (AvgIpc) is 3.47. The van der Waals surface area contributed by atoms with E-state index in [0.717, 1.165) is 44.6 Å². The fraction of sp³-hybridized carbons (Fsp3) is 0.667. The number of carboxylic acids is 2. The Balaban J connectivity index is 0.000000497. The SMILES string of the molecule is CCOC(=O)[C@]12CCCN(C(=O)c3ccsc3)C[C@H]1CN(CCN(C)C)C2.O=C(O)C(F)(F)F.O=C(O)C(F)(F)F. The van der Waals surface area contributed by atoms with Crippen molar-refractivity contribution < 1.29 is 60.5 Å². The number of likely N-dealkylation sites (tertiary alicyclic amines) is 2. The third-order valence-electron chi connectivity index (χ3n) is 6.34. The van der Waals surface area contributed by atoms with Gasteiger partial charge in [-0.1, -0.05) is 0 Å². The molecule has 0 spiro atoms. The maximum Gasteiger partial charge on any atom is 0.490 e. The molecule has 2 fully saturated rings. The number of halogens is 6. The second-order valence-corrected chi connectivity index (χ2v) is 10.4. The van der Waals surface area contributed by atoms with Crippen molar-refractivity contribution in [1.29, 1.82) is 0 Å². The molecule has 0 aromatic carbocycles. The van der Waals surface area contributed by atoms with Crippen LogP contribution in [0.5, 0.6) is 0 Å². The van der Waals surface area contributed by atoms with Crippen LogP contribution in [0.2, 0.25) is 0 Å². The first-order valence-electron chi connectivity index (χ1n) is 12.3. The molecule has 234 valence electrons. The topological polar surface area (TPSA) is 128 Å². The van der Waals surface area contributed by atoms with Crippen LogP contribution in [0.15, 0.2) is 16.8 Å². The second-order valence-electron chi connectivity index (χ2n) is 9.58. The summed E-state index contributed by atoms with van der Waals surface area (Å²) in [6.07, 6.45) is -8.53. The van der Waals surface area contributed by atoms with Crippen molar-refractivity contribution in [2.75, 3.05) is 60.0 Å². The van der Waals surface area contributed by atoms with Crippen LogP contribution in [0.1, 0.15) is 30.1 Å². The van der Waals surface area contributed by atoms with Gasteiger partial charge in [-0.15, -0.1) is 0 Å². The molecule has 41 heavy (non-hydrogen) atoms. The van der Waals surface area contributed by atoms with Crippen LogP contribution >= 0.6 is 11.3 Å². The Labute approximate surface area is 236 Å². The van der Waals surface area contributed by atoms with Crippen molar-refractivity contribution in [3.63, 3.8) is 0 Å². The molecule has 2 N–H and O–H groups in total. The zero-order chi connectivity index (χ0) is 31.6. The van der Waals surface area contributed by atoms with Gasteiger partial charge in [0.25, 0.3) is 5.91 Å². The number of hydrogen-bond acceptors (Lipinski definition) is 8. The van der Waals surface area contributed by atoms with Crippen molar-refractivity contribution in [3.8, 4) is 0 Å². The van der Waals surface area contributed by atoms with Crippen LogP contribution in [0, 0.1) is 11.3 Å². The average molecular weight is 622 g/mol. The van der Waals surface area contributed by atoms with E-state index in [1.54, 1.807) is 11.3 Å². The summed E-state index contributed by atoms with van der Waals surface area (Å²) in [6, 6.07) is 1.88. The number of hydrogen-bond donors (Lipinski definition) is 2. The molecule has 2 aliphatic heterocycles. The number of amides is 1. The lowest BCUT2D eigenvalue weighted by molar-refractivity contribution is -0.193. The fourth-order valence-electron chi connectivity index (χ4n) is 4.41. The monoisotopic (exact) mass is 621 g/mol. The third-order valence-corrected chi connectivity index (χ3v) is 7.03. The van der Waals surface area contributed by atoms with Gasteiger partial charge >= 0.3 is 30.3 Å². The fourth-order valence-corrected chi connectivity index (χ4v) is 5.04. The van der Waals surface area contributed by atoms with E-state index in [0.29, 0.717) is 19.7 Å². The Hall–Kier alpha value is -2.92. The number of alkyl halides is 6. The number of aliphatic carboxylic acids is 2. The van der Waals surface area contributed by atoms with Gasteiger partial charge in [-0.2, -0.15) is 37.7 Å². The molecule has 3 rings (SSSR count). The number of thiophene rings is 1. The van der Waals surface area contributed by atoms with Crippen molar-refractivity contribution in [2.24, 2.45) is 11.3 Å². The molecule has 10 nitrogen and oxygen atoms in total. The Morgan fingerprint density at radius 3 is 2.07 bits per heavy atom. The molecule has 0 bridgehead atoms. The van der Waals surface area contributed by atoms with Gasteiger partial charge < -0.3 is 29.6 Å². The first kappa shape index (κ1) is 36.1.